The smallest absolute Gasteiger partial charge is 0.329 e. The van der Waals surface area contributed by atoms with Crippen molar-refractivity contribution in [1.29, 1.82) is 0 Å². The van der Waals surface area contributed by atoms with Crippen LogP contribution in [0.2, 0.25) is 0 Å². The van der Waals surface area contributed by atoms with Crippen molar-refractivity contribution in [3.8, 4) is 0 Å². The number of aromatic nitrogens is 2. The van der Waals surface area contributed by atoms with Crippen LogP contribution in [0.3, 0.4) is 0 Å². The quantitative estimate of drug-likeness (QED) is 0.733. The SMILES string of the molecule is C[C@@H](O)CNC(=O)c1ccc2c(n1)N(C(=O)Nc1ccccn1)C1CCN2C1. The molecule has 2 atom stereocenters. The van der Waals surface area contributed by atoms with Gasteiger partial charge in [0.2, 0.25) is 0 Å². The van der Waals surface area contributed by atoms with Crippen molar-refractivity contribution in [3.63, 3.8) is 0 Å². The summed E-state index contributed by atoms with van der Waals surface area (Å²) in [6, 6.07) is 8.43. The van der Waals surface area contributed by atoms with E-state index in [1.807, 2.05) is 6.07 Å². The van der Waals surface area contributed by atoms with Crippen LogP contribution in [0.25, 0.3) is 0 Å². The lowest BCUT2D eigenvalue weighted by Crippen LogP contribution is -2.48. The van der Waals surface area contributed by atoms with Crippen LogP contribution in [-0.2, 0) is 0 Å². The first kappa shape index (κ1) is 18.2. The molecule has 28 heavy (non-hydrogen) atoms. The Morgan fingerprint density at radius 2 is 2.18 bits per heavy atom. The van der Waals surface area contributed by atoms with E-state index in [0.29, 0.717) is 11.6 Å². The Kier molecular flexibility index (Phi) is 4.82. The van der Waals surface area contributed by atoms with Gasteiger partial charge < -0.3 is 15.3 Å². The lowest BCUT2D eigenvalue weighted by Gasteiger charge is -2.35. The van der Waals surface area contributed by atoms with Gasteiger partial charge in [-0.15, -0.1) is 0 Å². The van der Waals surface area contributed by atoms with Crippen LogP contribution in [0.15, 0.2) is 36.5 Å². The van der Waals surface area contributed by atoms with Crippen LogP contribution in [-0.4, -0.2) is 58.8 Å². The highest BCUT2D eigenvalue weighted by Gasteiger charge is 2.40. The summed E-state index contributed by atoms with van der Waals surface area (Å²) in [7, 11) is 0. The molecule has 9 heteroatoms. The molecule has 2 aliphatic rings. The number of carbonyl (C=O) groups is 2. The van der Waals surface area contributed by atoms with E-state index in [9.17, 15) is 14.7 Å². The van der Waals surface area contributed by atoms with Crippen LogP contribution < -0.4 is 20.4 Å². The molecule has 2 aromatic rings. The van der Waals surface area contributed by atoms with Crippen molar-refractivity contribution in [2.45, 2.75) is 25.5 Å². The van der Waals surface area contributed by atoms with Gasteiger partial charge in [0.15, 0.2) is 5.82 Å². The summed E-state index contributed by atoms with van der Waals surface area (Å²) in [5.41, 5.74) is 1.04. The molecule has 146 valence electrons. The zero-order valence-electron chi connectivity index (χ0n) is 15.5. The number of carbonyl (C=O) groups excluding carboxylic acids is 2. The molecule has 1 unspecified atom stereocenters. The van der Waals surface area contributed by atoms with E-state index in [1.165, 1.54) is 0 Å². The van der Waals surface area contributed by atoms with E-state index in [1.54, 1.807) is 42.3 Å². The molecule has 1 saturated heterocycles. The Morgan fingerprint density at radius 1 is 1.32 bits per heavy atom. The number of anilines is 3. The molecule has 2 bridgehead atoms. The highest BCUT2D eigenvalue weighted by molar-refractivity contribution is 6.05. The minimum Gasteiger partial charge on any atom is -0.392 e. The summed E-state index contributed by atoms with van der Waals surface area (Å²) in [6.45, 7) is 3.30. The van der Waals surface area contributed by atoms with Gasteiger partial charge in [-0.2, -0.15) is 0 Å². The van der Waals surface area contributed by atoms with Crippen LogP contribution in [0.4, 0.5) is 22.1 Å². The van der Waals surface area contributed by atoms with Crippen molar-refractivity contribution in [1.82, 2.24) is 15.3 Å². The number of amides is 3. The van der Waals surface area contributed by atoms with Gasteiger partial charge in [0.05, 0.1) is 17.8 Å². The maximum atomic E-state index is 13.0. The molecule has 2 aromatic heterocycles. The number of hydrogen-bond acceptors (Lipinski definition) is 6. The number of pyridine rings is 2. The van der Waals surface area contributed by atoms with Crippen molar-refractivity contribution in [2.24, 2.45) is 0 Å². The molecule has 0 spiro atoms. The van der Waals surface area contributed by atoms with Crippen molar-refractivity contribution in [3.05, 3.63) is 42.2 Å². The predicted molar refractivity (Wildman–Crippen MR) is 105 cm³/mol. The third-order valence-corrected chi connectivity index (χ3v) is 4.86. The summed E-state index contributed by atoms with van der Waals surface area (Å²) < 4.78 is 0. The van der Waals surface area contributed by atoms with E-state index >= 15 is 0 Å². The topological polar surface area (TPSA) is 111 Å². The van der Waals surface area contributed by atoms with Gasteiger partial charge in [-0.1, -0.05) is 6.07 Å². The fourth-order valence-electron chi connectivity index (χ4n) is 3.54. The van der Waals surface area contributed by atoms with Crippen LogP contribution in [0, 0.1) is 0 Å². The van der Waals surface area contributed by atoms with Crippen molar-refractivity contribution < 1.29 is 14.7 Å². The first-order valence-corrected chi connectivity index (χ1v) is 9.26. The van der Waals surface area contributed by atoms with Gasteiger partial charge in [-0.3, -0.25) is 15.0 Å². The number of nitrogens with zero attached hydrogens (tertiary/aromatic N) is 4. The maximum Gasteiger partial charge on any atom is 0.329 e. The fraction of sp³-hybridized carbons (Fsp3) is 0.368. The second kappa shape index (κ2) is 7.43. The van der Waals surface area contributed by atoms with Gasteiger partial charge in [0.25, 0.3) is 5.91 Å². The van der Waals surface area contributed by atoms with Crippen molar-refractivity contribution >= 4 is 29.3 Å². The number of hydrogen-bond donors (Lipinski definition) is 3. The third-order valence-electron chi connectivity index (χ3n) is 4.86. The molecule has 0 aromatic carbocycles. The average molecular weight is 382 g/mol. The maximum absolute atomic E-state index is 13.0. The van der Waals surface area contributed by atoms with E-state index in [4.69, 9.17) is 0 Å². The number of fused-ring (bicyclic) bond motifs is 4. The monoisotopic (exact) mass is 382 g/mol. The van der Waals surface area contributed by atoms with Gasteiger partial charge in [0.1, 0.15) is 11.5 Å². The normalized spacial score (nSPS) is 18.4. The van der Waals surface area contributed by atoms with Gasteiger partial charge >= 0.3 is 6.03 Å². The minimum atomic E-state index is -0.649. The molecule has 0 radical (unpaired) electrons. The molecule has 4 heterocycles. The first-order valence-electron chi connectivity index (χ1n) is 9.26. The van der Waals surface area contributed by atoms with Crippen LogP contribution in [0.1, 0.15) is 23.8 Å². The molecule has 3 amide bonds. The number of aliphatic hydroxyl groups is 1. The number of aliphatic hydroxyl groups excluding tert-OH is 1. The molecular weight excluding hydrogens is 360 g/mol. The molecular formula is C19H22N6O3. The Morgan fingerprint density at radius 3 is 2.93 bits per heavy atom. The molecule has 1 fully saturated rings. The fourth-order valence-corrected chi connectivity index (χ4v) is 3.54. The predicted octanol–water partition coefficient (Wildman–Crippen LogP) is 1.22. The number of urea groups is 1. The number of rotatable bonds is 4. The Bertz CT molecular complexity index is 888. The second-order valence-electron chi connectivity index (χ2n) is 7.00. The zero-order chi connectivity index (χ0) is 19.7. The summed E-state index contributed by atoms with van der Waals surface area (Å²) in [5.74, 6) is 0.536. The highest BCUT2D eigenvalue weighted by Crippen LogP contribution is 2.39. The molecule has 0 aliphatic carbocycles. The summed E-state index contributed by atoms with van der Waals surface area (Å²) in [4.78, 5) is 37.8. The second-order valence-corrected chi connectivity index (χ2v) is 7.00. The lowest BCUT2D eigenvalue weighted by molar-refractivity contribution is 0.0919. The Labute approximate surface area is 162 Å². The Hall–Kier alpha value is -3.20. The van der Waals surface area contributed by atoms with E-state index < -0.39 is 6.10 Å². The molecule has 2 aliphatic heterocycles. The van der Waals surface area contributed by atoms with E-state index in [0.717, 1.165) is 25.2 Å². The summed E-state index contributed by atoms with van der Waals surface area (Å²) in [5, 5.41) is 14.8. The molecule has 3 N–H and O–H groups in total. The molecule has 4 rings (SSSR count). The minimum absolute atomic E-state index is 0.0144. The van der Waals surface area contributed by atoms with Crippen molar-refractivity contribution in [2.75, 3.05) is 34.8 Å². The molecule has 0 saturated carbocycles. The third kappa shape index (κ3) is 3.48. The number of nitrogens with one attached hydrogen (secondary N) is 2. The van der Waals surface area contributed by atoms with Crippen LogP contribution in [0.5, 0.6) is 0 Å². The largest absolute Gasteiger partial charge is 0.392 e. The standard InChI is InChI=1S/C19H22N6O3/c1-12(26)10-21-18(27)14-5-6-15-17(22-14)25(13-7-9-24(15)11-13)19(28)23-16-4-2-3-8-20-16/h2-6,8,12-13,26H,7,9-11H2,1H3,(H,21,27)(H,20,23,28)/t12-,13?/m1/s1. The Balaban J connectivity index is 1.63. The summed E-state index contributed by atoms with van der Waals surface area (Å²) >= 11 is 0. The summed E-state index contributed by atoms with van der Waals surface area (Å²) in [6.07, 6.45) is 1.79. The van der Waals surface area contributed by atoms with E-state index in [-0.39, 0.29) is 30.2 Å². The first-order chi connectivity index (χ1) is 13.5. The van der Waals surface area contributed by atoms with Gasteiger partial charge in [0, 0.05) is 25.8 Å². The van der Waals surface area contributed by atoms with E-state index in [2.05, 4.69) is 25.5 Å². The average Bonchev–Trinajstić information content (AvgIpc) is 3.11. The van der Waals surface area contributed by atoms with Gasteiger partial charge in [-0.05, 0) is 37.6 Å². The van der Waals surface area contributed by atoms with Gasteiger partial charge in [-0.25, -0.2) is 14.8 Å². The lowest BCUT2D eigenvalue weighted by atomic mass is 10.1. The highest BCUT2D eigenvalue weighted by atomic mass is 16.3. The molecule has 9 nitrogen and oxygen atoms in total. The van der Waals surface area contributed by atoms with Crippen LogP contribution >= 0.6 is 0 Å². The zero-order valence-corrected chi connectivity index (χ0v) is 15.5.